The zero-order valence-electron chi connectivity index (χ0n) is 10.9. The lowest BCUT2D eigenvalue weighted by molar-refractivity contribution is -0.384. The lowest BCUT2D eigenvalue weighted by Crippen LogP contribution is -2.00. The zero-order chi connectivity index (χ0) is 14.8. The van der Waals surface area contributed by atoms with E-state index in [-0.39, 0.29) is 5.69 Å². The minimum atomic E-state index is -0.417. The molecule has 0 aliphatic heterocycles. The number of fused-ring (bicyclic) bond motifs is 1. The molecule has 3 aromatic rings. The van der Waals surface area contributed by atoms with Gasteiger partial charge in [0.25, 0.3) is 5.69 Å². The Balaban J connectivity index is 1.80. The summed E-state index contributed by atoms with van der Waals surface area (Å²) in [5, 5.41) is 18.2. The van der Waals surface area contributed by atoms with Gasteiger partial charge in [0.15, 0.2) is 0 Å². The molecule has 0 saturated heterocycles. The Morgan fingerprint density at radius 1 is 1.33 bits per heavy atom. The van der Waals surface area contributed by atoms with Gasteiger partial charge in [-0.2, -0.15) is 5.10 Å². The first-order chi connectivity index (χ1) is 10.1. The molecule has 21 heavy (non-hydrogen) atoms. The number of nitro groups is 1. The summed E-state index contributed by atoms with van der Waals surface area (Å²) in [5.74, 6) is 0. The third-order valence-electron chi connectivity index (χ3n) is 3.14. The highest BCUT2D eigenvalue weighted by Crippen LogP contribution is 2.27. The number of rotatable bonds is 4. The summed E-state index contributed by atoms with van der Waals surface area (Å²) in [6.45, 7) is 0.587. The van der Waals surface area contributed by atoms with E-state index in [9.17, 15) is 10.1 Å². The van der Waals surface area contributed by atoms with Gasteiger partial charge in [-0.15, -0.1) is 0 Å². The van der Waals surface area contributed by atoms with E-state index < -0.39 is 4.92 Å². The largest absolute Gasteiger partial charge is 0.380 e. The van der Waals surface area contributed by atoms with Crippen LogP contribution in [0, 0.1) is 10.1 Å². The van der Waals surface area contributed by atoms with E-state index in [0.29, 0.717) is 11.0 Å². The summed E-state index contributed by atoms with van der Waals surface area (Å²) in [6, 6.07) is 10.5. The fourth-order valence-corrected chi connectivity index (χ4v) is 2.58. The van der Waals surface area contributed by atoms with Crippen LogP contribution in [-0.2, 0) is 6.54 Å². The van der Waals surface area contributed by atoms with Gasteiger partial charge in [0.1, 0.15) is 0 Å². The van der Waals surface area contributed by atoms with Gasteiger partial charge in [-0.05, 0) is 34.1 Å². The average molecular weight is 347 g/mol. The topological polar surface area (TPSA) is 72.5 Å². The number of hydrogen-bond acceptors (Lipinski definition) is 4. The molecular formula is C14H11BrN4O2. The first kappa shape index (κ1) is 13.6. The minimum absolute atomic E-state index is 0.0587. The second-order valence-corrected chi connectivity index (χ2v) is 5.33. The zero-order valence-corrected chi connectivity index (χ0v) is 12.4. The van der Waals surface area contributed by atoms with E-state index in [0.717, 1.165) is 16.8 Å². The number of aromatic nitrogens is 2. The molecule has 0 aliphatic rings. The van der Waals surface area contributed by atoms with Crippen molar-refractivity contribution in [3.8, 4) is 0 Å². The number of hydrogen-bond donors (Lipinski definition) is 1. The van der Waals surface area contributed by atoms with E-state index in [4.69, 9.17) is 0 Å². The van der Waals surface area contributed by atoms with Crippen molar-refractivity contribution in [1.82, 2.24) is 9.61 Å². The third kappa shape index (κ3) is 2.73. The molecule has 7 heteroatoms. The van der Waals surface area contributed by atoms with Crippen LogP contribution in [0.4, 0.5) is 11.4 Å². The number of nitrogens with zero attached hydrogens (tertiary/aromatic N) is 3. The Hall–Kier alpha value is -2.41. The van der Waals surface area contributed by atoms with Crippen LogP contribution in [0.2, 0.25) is 0 Å². The molecule has 1 aromatic carbocycles. The van der Waals surface area contributed by atoms with Crippen LogP contribution < -0.4 is 5.32 Å². The van der Waals surface area contributed by atoms with Gasteiger partial charge >= 0.3 is 0 Å². The first-order valence-corrected chi connectivity index (χ1v) is 7.03. The molecule has 0 fully saturated rings. The third-order valence-corrected chi connectivity index (χ3v) is 3.80. The summed E-state index contributed by atoms with van der Waals surface area (Å²) >= 11 is 3.34. The van der Waals surface area contributed by atoms with Crippen LogP contribution >= 0.6 is 15.9 Å². The Morgan fingerprint density at radius 3 is 2.95 bits per heavy atom. The van der Waals surface area contributed by atoms with E-state index in [1.54, 1.807) is 6.07 Å². The maximum Gasteiger partial charge on any atom is 0.270 e. The molecule has 0 atom stereocenters. The van der Waals surface area contributed by atoms with E-state index in [1.165, 1.54) is 12.1 Å². The Kier molecular flexibility index (Phi) is 3.57. The van der Waals surface area contributed by atoms with Gasteiger partial charge in [-0.3, -0.25) is 10.1 Å². The fraction of sp³-hybridized carbons (Fsp3) is 0.0714. The molecule has 0 aliphatic carbocycles. The monoisotopic (exact) mass is 346 g/mol. The molecule has 0 bridgehead atoms. The van der Waals surface area contributed by atoms with Crippen LogP contribution in [0.5, 0.6) is 0 Å². The number of anilines is 1. The molecular weight excluding hydrogens is 336 g/mol. The normalized spacial score (nSPS) is 10.7. The molecule has 6 nitrogen and oxygen atoms in total. The van der Waals surface area contributed by atoms with Crippen molar-refractivity contribution in [2.45, 2.75) is 6.54 Å². The number of nitrogens with one attached hydrogen (secondary N) is 1. The Labute approximate surface area is 128 Å². The molecule has 3 rings (SSSR count). The second-order valence-electron chi connectivity index (χ2n) is 4.48. The Bertz CT molecular complexity index is 816. The van der Waals surface area contributed by atoms with Crippen molar-refractivity contribution in [3.05, 3.63) is 68.9 Å². The van der Waals surface area contributed by atoms with Gasteiger partial charge < -0.3 is 5.32 Å². The molecule has 2 heterocycles. The summed E-state index contributed by atoms with van der Waals surface area (Å²) in [6.07, 6.45) is 3.70. The smallest absolute Gasteiger partial charge is 0.270 e. The number of non-ortho nitro benzene ring substituents is 1. The predicted octanol–water partition coefficient (Wildman–Crippen LogP) is 3.62. The number of nitro benzene ring substituents is 1. The fourth-order valence-electron chi connectivity index (χ4n) is 2.08. The van der Waals surface area contributed by atoms with Gasteiger partial charge in [-0.1, -0.05) is 6.07 Å². The number of pyridine rings is 1. The average Bonchev–Trinajstić information content (AvgIpc) is 2.89. The van der Waals surface area contributed by atoms with E-state index in [1.807, 2.05) is 35.1 Å². The van der Waals surface area contributed by atoms with Crippen molar-refractivity contribution in [1.29, 1.82) is 0 Å². The molecule has 0 spiro atoms. The van der Waals surface area contributed by atoms with Crippen LogP contribution in [0.3, 0.4) is 0 Å². The van der Waals surface area contributed by atoms with Gasteiger partial charge in [0, 0.05) is 40.6 Å². The highest BCUT2D eigenvalue weighted by molar-refractivity contribution is 9.10. The number of benzene rings is 1. The quantitative estimate of drug-likeness (QED) is 0.578. The predicted molar refractivity (Wildman–Crippen MR) is 83.3 cm³/mol. The lowest BCUT2D eigenvalue weighted by atomic mass is 10.2. The van der Waals surface area contributed by atoms with Crippen LogP contribution in [0.15, 0.2) is 53.3 Å². The summed E-state index contributed by atoms with van der Waals surface area (Å²) in [5.41, 5.74) is 2.95. The maximum atomic E-state index is 10.7. The minimum Gasteiger partial charge on any atom is -0.380 e. The Morgan fingerprint density at radius 2 is 2.19 bits per heavy atom. The van der Waals surface area contributed by atoms with Crippen LogP contribution in [0.1, 0.15) is 5.56 Å². The molecule has 0 amide bonds. The number of halogens is 1. The molecule has 2 aromatic heterocycles. The van der Waals surface area contributed by atoms with Crippen molar-refractivity contribution < 1.29 is 4.92 Å². The second kappa shape index (κ2) is 5.53. The summed E-state index contributed by atoms with van der Waals surface area (Å²) in [7, 11) is 0. The van der Waals surface area contributed by atoms with Gasteiger partial charge in [0.05, 0.1) is 16.6 Å². The van der Waals surface area contributed by atoms with E-state index in [2.05, 4.69) is 26.3 Å². The molecule has 0 unspecified atom stereocenters. The highest BCUT2D eigenvalue weighted by atomic mass is 79.9. The maximum absolute atomic E-state index is 10.7. The van der Waals surface area contributed by atoms with Crippen LogP contribution in [0.25, 0.3) is 5.52 Å². The van der Waals surface area contributed by atoms with E-state index >= 15 is 0 Å². The van der Waals surface area contributed by atoms with Crippen molar-refractivity contribution in [2.24, 2.45) is 0 Å². The molecule has 106 valence electrons. The molecule has 0 saturated carbocycles. The lowest BCUT2D eigenvalue weighted by Gasteiger charge is -2.07. The SMILES string of the molecule is O=[N+]([O-])c1ccc(NCc2cnn3ccccc23)c(Br)c1. The standard InChI is InChI=1S/C14H11BrN4O2/c15-12-7-11(19(20)21)4-5-13(12)16-8-10-9-17-18-6-2-1-3-14(10)18/h1-7,9,16H,8H2. The van der Waals surface area contributed by atoms with Gasteiger partial charge in [0.2, 0.25) is 0 Å². The van der Waals surface area contributed by atoms with Crippen molar-refractivity contribution >= 4 is 32.8 Å². The van der Waals surface area contributed by atoms with Crippen molar-refractivity contribution in [2.75, 3.05) is 5.32 Å². The van der Waals surface area contributed by atoms with Crippen molar-refractivity contribution in [3.63, 3.8) is 0 Å². The van der Waals surface area contributed by atoms with Crippen LogP contribution in [-0.4, -0.2) is 14.5 Å². The molecule has 0 radical (unpaired) electrons. The summed E-state index contributed by atoms with van der Waals surface area (Å²) < 4.78 is 2.47. The summed E-state index contributed by atoms with van der Waals surface area (Å²) in [4.78, 5) is 10.3. The highest BCUT2D eigenvalue weighted by Gasteiger charge is 2.09. The van der Waals surface area contributed by atoms with Gasteiger partial charge in [-0.25, -0.2) is 4.52 Å². The first-order valence-electron chi connectivity index (χ1n) is 6.24. The molecule has 1 N–H and O–H groups in total.